The molecule has 102 valence electrons. The molecule has 0 saturated carbocycles. The van der Waals surface area contributed by atoms with Crippen molar-refractivity contribution < 1.29 is 9.53 Å². The molecule has 2 aliphatic rings. The Morgan fingerprint density at radius 2 is 1.89 bits per heavy atom. The summed E-state index contributed by atoms with van der Waals surface area (Å²) in [5.74, 6) is 0.867. The summed E-state index contributed by atoms with van der Waals surface area (Å²) in [5.41, 5.74) is 0.683. The molecule has 0 spiro atoms. The van der Waals surface area contributed by atoms with Crippen LogP contribution in [0.5, 0.6) is 5.75 Å². The molecule has 1 fully saturated rings. The lowest BCUT2D eigenvalue weighted by Gasteiger charge is -2.36. The number of hydrogen-bond acceptors (Lipinski definition) is 3. The first-order valence-electron chi connectivity index (χ1n) is 6.57. The molecule has 1 aromatic carbocycles. The van der Waals surface area contributed by atoms with Gasteiger partial charge >= 0.3 is 0 Å². The van der Waals surface area contributed by atoms with Crippen molar-refractivity contribution in [3.63, 3.8) is 0 Å². The summed E-state index contributed by atoms with van der Waals surface area (Å²) in [6, 6.07) is 3.65. The quantitative estimate of drug-likeness (QED) is 0.735. The van der Waals surface area contributed by atoms with E-state index in [-0.39, 0.29) is 11.8 Å². The lowest BCUT2D eigenvalue weighted by molar-refractivity contribution is 0.0621. The molecule has 0 amide bonds. The van der Waals surface area contributed by atoms with E-state index in [1.54, 1.807) is 0 Å². The Kier molecular flexibility index (Phi) is 3.96. The minimum absolute atomic E-state index is 0.117. The molecular formula is C14H15Br2NO2. The lowest BCUT2D eigenvalue weighted by atomic mass is 9.98. The number of ketones is 1. The molecule has 0 radical (unpaired) electrons. The molecule has 0 N–H and O–H groups in total. The van der Waals surface area contributed by atoms with E-state index >= 15 is 0 Å². The van der Waals surface area contributed by atoms with Crippen LogP contribution in [0.2, 0.25) is 0 Å². The van der Waals surface area contributed by atoms with Crippen molar-refractivity contribution in [2.24, 2.45) is 0 Å². The van der Waals surface area contributed by atoms with Gasteiger partial charge in [-0.1, -0.05) is 22.4 Å². The van der Waals surface area contributed by atoms with E-state index in [2.05, 4.69) is 36.8 Å². The number of hydrogen-bond donors (Lipinski definition) is 0. The standard InChI is InChI=1S/C14H15Br2NO2/c15-9-6-10-13(18)12(17-4-2-1-3-5-17)8-19-14(10)11(16)7-9/h6-7,12H,1-5,8H2/t12-/m0/s1. The van der Waals surface area contributed by atoms with Gasteiger partial charge in [0.25, 0.3) is 0 Å². The number of rotatable bonds is 1. The van der Waals surface area contributed by atoms with Gasteiger partial charge in [-0.25, -0.2) is 0 Å². The Morgan fingerprint density at radius 3 is 2.63 bits per heavy atom. The summed E-state index contributed by atoms with van der Waals surface area (Å²) in [6.45, 7) is 2.47. The largest absolute Gasteiger partial charge is 0.490 e. The van der Waals surface area contributed by atoms with Crippen LogP contribution in [0.3, 0.4) is 0 Å². The van der Waals surface area contributed by atoms with Crippen molar-refractivity contribution in [2.75, 3.05) is 19.7 Å². The Bertz CT molecular complexity index is 512. The third kappa shape index (κ3) is 2.60. The fourth-order valence-corrected chi connectivity index (χ4v) is 4.15. The molecule has 3 rings (SSSR count). The number of ether oxygens (including phenoxy) is 1. The first kappa shape index (κ1) is 13.6. The number of carbonyl (C=O) groups excluding carboxylic acids is 1. The highest BCUT2D eigenvalue weighted by Crippen LogP contribution is 2.37. The van der Waals surface area contributed by atoms with Gasteiger partial charge in [-0.15, -0.1) is 0 Å². The summed E-state index contributed by atoms with van der Waals surface area (Å²) in [4.78, 5) is 14.9. The maximum atomic E-state index is 12.7. The fourth-order valence-electron chi connectivity index (χ4n) is 2.81. The first-order chi connectivity index (χ1) is 9.16. The maximum Gasteiger partial charge on any atom is 0.187 e. The van der Waals surface area contributed by atoms with Gasteiger partial charge in [-0.2, -0.15) is 0 Å². The number of carbonyl (C=O) groups is 1. The molecule has 19 heavy (non-hydrogen) atoms. The predicted octanol–water partition coefficient (Wildman–Crippen LogP) is 3.64. The average molecular weight is 389 g/mol. The number of halogens is 2. The second-order valence-electron chi connectivity index (χ2n) is 5.05. The summed E-state index contributed by atoms with van der Waals surface area (Å²) < 4.78 is 7.55. The van der Waals surface area contributed by atoms with Crippen molar-refractivity contribution in [1.82, 2.24) is 4.90 Å². The minimum atomic E-state index is -0.117. The zero-order valence-corrected chi connectivity index (χ0v) is 13.7. The van der Waals surface area contributed by atoms with Crippen molar-refractivity contribution in [3.8, 4) is 5.75 Å². The lowest BCUT2D eigenvalue weighted by Crippen LogP contribution is -2.49. The SMILES string of the molecule is O=C1c2cc(Br)cc(Br)c2OC[C@@H]1N1CCCCC1. The molecule has 1 aromatic rings. The van der Waals surface area contributed by atoms with Gasteiger partial charge in [-0.3, -0.25) is 9.69 Å². The summed E-state index contributed by atoms with van der Waals surface area (Å²) in [6.07, 6.45) is 3.63. The second-order valence-corrected chi connectivity index (χ2v) is 6.82. The van der Waals surface area contributed by atoms with Crippen LogP contribution in [-0.4, -0.2) is 36.4 Å². The maximum absolute atomic E-state index is 12.7. The number of fused-ring (bicyclic) bond motifs is 1. The topological polar surface area (TPSA) is 29.5 Å². The molecule has 0 aromatic heterocycles. The van der Waals surface area contributed by atoms with Crippen molar-refractivity contribution in [3.05, 3.63) is 26.6 Å². The molecule has 1 atom stereocenters. The zero-order chi connectivity index (χ0) is 13.4. The van der Waals surface area contributed by atoms with Crippen LogP contribution in [0.15, 0.2) is 21.1 Å². The van der Waals surface area contributed by atoms with E-state index in [0.29, 0.717) is 17.9 Å². The van der Waals surface area contributed by atoms with Crippen LogP contribution in [0, 0.1) is 0 Å². The second kappa shape index (κ2) is 5.54. The van der Waals surface area contributed by atoms with E-state index in [4.69, 9.17) is 4.74 Å². The molecule has 0 aliphatic carbocycles. The van der Waals surface area contributed by atoms with Crippen molar-refractivity contribution in [2.45, 2.75) is 25.3 Å². The summed E-state index contributed by atoms with van der Waals surface area (Å²) >= 11 is 6.89. The van der Waals surface area contributed by atoms with Crippen LogP contribution in [0.1, 0.15) is 29.6 Å². The van der Waals surface area contributed by atoms with Gasteiger partial charge in [0, 0.05) is 4.47 Å². The van der Waals surface area contributed by atoms with Crippen LogP contribution in [0.25, 0.3) is 0 Å². The summed E-state index contributed by atoms with van der Waals surface area (Å²) in [5, 5.41) is 0. The molecule has 2 aliphatic heterocycles. The van der Waals surface area contributed by atoms with Gasteiger partial charge < -0.3 is 4.74 Å². The number of likely N-dealkylation sites (tertiary alicyclic amines) is 1. The number of Topliss-reactive ketones (excluding diaryl/α,β-unsaturated/α-hetero) is 1. The molecule has 5 heteroatoms. The Morgan fingerprint density at radius 1 is 1.16 bits per heavy atom. The highest BCUT2D eigenvalue weighted by Gasteiger charge is 2.35. The predicted molar refractivity (Wildman–Crippen MR) is 80.9 cm³/mol. The number of piperidine rings is 1. The van der Waals surface area contributed by atoms with E-state index in [9.17, 15) is 4.79 Å². The Balaban J connectivity index is 1.91. The normalized spacial score (nSPS) is 23.9. The van der Waals surface area contributed by atoms with Crippen LogP contribution in [-0.2, 0) is 0 Å². The van der Waals surface area contributed by atoms with Gasteiger partial charge in [0.1, 0.15) is 18.4 Å². The van der Waals surface area contributed by atoms with E-state index < -0.39 is 0 Å². The highest BCUT2D eigenvalue weighted by atomic mass is 79.9. The number of benzene rings is 1. The monoisotopic (exact) mass is 387 g/mol. The molecule has 0 unspecified atom stereocenters. The molecular weight excluding hydrogens is 374 g/mol. The van der Waals surface area contributed by atoms with Gasteiger partial charge in [0.05, 0.1) is 10.0 Å². The number of nitrogens with zero attached hydrogens (tertiary/aromatic N) is 1. The third-order valence-corrected chi connectivity index (χ3v) is 4.84. The van der Waals surface area contributed by atoms with Gasteiger partial charge in [0.2, 0.25) is 0 Å². The van der Waals surface area contributed by atoms with Crippen molar-refractivity contribution >= 4 is 37.6 Å². The van der Waals surface area contributed by atoms with E-state index in [0.717, 1.165) is 22.0 Å². The van der Waals surface area contributed by atoms with E-state index in [1.807, 2.05) is 12.1 Å². The van der Waals surface area contributed by atoms with Gasteiger partial charge in [0.15, 0.2) is 5.78 Å². The first-order valence-corrected chi connectivity index (χ1v) is 8.15. The highest BCUT2D eigenvalue weighted by molar-refractivity contribution is 9.11. The Hall–Kier alpha value is -0.390. The fraction of sp³-hybridized carbons (Fsp3) is 0.500. The average Bonchev–Trinajstić information content (AvgIpc) is 2.41. The van der Waals surface area contributed by atoms with Crippen molar-refractivity contribution in [1.29, 1.82) is 0 Å². The molecule has 1 saturated heterocycles. The van der Waals surface area contributed by atoms with Crippen LogP contribution in [0.4, 0.5) is 0 Å². The van der Waals surface area contributed by atoms with Crippen LogP contribution >= 0.6 is 31.9 Å². The molecule has 2 heterocycles. The smallest absolute Gasteiger partial charge is 0.187 e. The van der Waals surface area contributed by atoms with Crippen LogP contribution < -0.4 is 4.74 Å². The summed E-state index contributed by atoms with van der Waals surface area (Å²) in [7, 11) is 0. The molecule has 0 bridgehead atoms. The zero-order valence-electron chi connectivity index (χ0n) is 10.5. The molecule has 3 nitrogen and oxygen atoms in total. The minimum Gasteiger partial charge on any atom is -0.490 e. The van der Waals surface area contributed by atoms with Gasteiger partial charge in [-0.05, 0) is 54.0 Å². The Labute approximate surface area is 129 Å². The third-order valence-electron chi connectivity index (χ3n) is 3.79. The van der Waals surface area contributed by atoms with E-state index in [1.165, 1.54) is 19.3 Å².